The summed E-state index contributed by atoms with van der Waals surface area (Å²) in [5.74, 6) is -0.344. The molecule has 0 radical (unpaired) electrons. The van der Waals surface area contributed by atoms with Crippen LogP contribution in [-0.4, -0.2) is 43.4 Å². The van der Waals surface area contributed by atoms with Gasteiger partial charge < -0.3 is 16.0 Å². The van der Waals surface area contributed by atoms with Gasteiger partial charge in [0, 0.05) is 12.1 Å². The minimum atomic E-state index is -0.489. The molecule has 5 nitrogen and oxygen atoms in total. The van der Waals surface area contributed by atoms with E-state index in [1.54, 1.807) is 0 Å². The van der Waals surface area contributed by atoms with Gasteiger partial charge in [-0.2, -0.15) is 0 Å². The molecule has 5 heteroatoms. The van der Waals surface area contributed by atoms with Crippen molar-refractivity contribution >= 4 is 11.8 Å². The Hall–Kier alpha value is -1.88. The van der Waals surface area contributed by atoms with Gasteiger partial charge in [0.25, 0.3) is 5.91 Å². The Balaban J connectivity index is 2.99. The minimum absolute atomic E-state index is 0.0443. The number of primary amides is 1. The standard InChI is InChI=1S/C16H25N3O2/c1-12(2)10-19(11-15(17)20)16(21)14-7-5-4-6-13(14)8-9-18-3/h4-7,12,18H,8-11H2,1-3H3,(H2,17,20). The lowest BCUT2D eigenvalue weighted by molar-refractivity contribution is -0.118. The number of nitrogens with two attached hydrogens (primary N) is 1. The number of likely N-dealkylation sites (N-methyl/N-ethyl adjacent to an activating group) is 1. The highest BCUT2D eigenvalue weighted by atomic mass is 16.2. The lowest BCUT2D eigenvalue weighted by Gasteiger charge is -2.24. The number of hydrogen-bond donors (Lipinski definition) is 2. The van der Waals surface area contributed by atoms with Gasteiger partial charge in [0.1, 0.15) is 0 Å². The average molecular weight is 291 g/mol. The molecule has 1 aromatic carbocycles. The van der Waals surface area contributed by atoms with Crippen LogP contribution in [0.1, 0.15) is 29.8 Å². The second kappa shape index (κ2) is 8.42. The van der Waals surface area contributed by atoms with Crippen LogP contribution in [0.15, 0.2) is 24.3 Å². The molecular weight excluding hydrogens is 266 g/mol. The van der Waals surface area contributed by atoms with Crippen molar-refractivity contribution < 1.29 is 9.59 Å². The normalized spacial score (nSPS) is 10.7. The highest BCUT2D eigenvalue weighted by molar-refractivity contribution is 5.97. The number of nitrogens with zero attached hydrogens (tertiary/aromatic N) is 1. The first-order valence-corrected chi connectivity index (χ1v) is 7.25. The van der Waals surface area contributed by atoms with Crippen LogP contribution in [0, 0.1) is 5.92 Å². The average Bonchev–Trinajstić information content (AvgIpc) is 2.43. The van der Waals surface area contributed by atoms with E-state index in [4.69, 9.17) is 5.73 Å². The highest BCUT2D eigenvalue weighted by Gasteiger charge is 2.20. The van der Waals surface area contributed by atoms with E-state index in [1.807, 2.05) is 45.2 Å². The molecule has 0 aliphatic heterocycles. The smallest absolute Gasteiger partial charge is 0.254 e. The fourth-order valence-corrected chi connectivity index (χ4v) is 2.23. The molecule has 0 aliphatic carbocycles. The Labute approximate surface area is 126 Å². The van der Waals surface area contributed by atoms with Crippen LogP contribution in [0.3, 0.4) is 0 Å². The van der Waals surface area contributed by atoms with Gasteiger partial charge in [-0.25, -0.2) is 0 Å². The van der Waals surface area contributed by atoms with Crippen molar-refractivity contribution in [3.05, 3.63) is 35.4 Å². The number of carbonyl (C=O) groups excluding carboxylic acids is 2. The number of carbonyl (C=O) groups is 2. The van der Waals surface area contributed by atoms with Gasteiger partial charge in [-0.05, 0) is 37.6 Å². The molecule has 0 saturated heterocycles. The maximum absolute atomic E-state index is 12.7. The van der Waals surface area contributed by atoms with Gasteiger partial charge >= 0.3 is 0 Å². The predicted octanol–water partition coefficient (Wildman–Crippen LogP) is 1.03. The molecule has 2 amide bonds. The molecule has 0 spiro atoms. The first-order valence-electron chi connectivity index (χ1n) is 7.25. The second-order valence-electron chi connectivity index (χ2n) is 5.56. The van der Waals surface area contributed by atoms with E-state index >= 15 is 0 Å². The Morgan fingerprint density at radius 1 is 1.29 bits per heavy atom. The van der Waals surface area contributed by atoms with E-state index < -0.39 is 5.91 Å². The van der Waals surface area contributed by atoms with Gasteiger partial charge in [-0.15, -0.1) is 0 Å². The van der Waals surface area contributed by atoms with Crippen LogP contribution in [0.2, 0.25) is 0 Å². The number of benzene rings is 1. The van der Waals surface area contributed by atoms with Crippen molar-refractivity contribution in [3.63, 3.8) is 0 Å². The van der Waals surface area contributed by atoms with Gasteiger partial charge in [0.2, 0.25) is 5.91 Å². The van der Waals surface area contributed by atoms with Crippen molar-refractivity contribution in [2.45, 2.75) is 20.3 Å². The van der Waals surface area contributed by atoms with Crippen LogP contribution < -0.4 is 11.1 Å². The molecule has 0 unspecified atom stereocenters. The second-order valence-corrected chi connectivity index (χ2v) is 5.56. The van der Waals surface area contributed by atoms with Gasteiger partial charge in [-0.3, -0.25) is 9.59 Å². The number of nitrogens with one attached hydrogen (secondary N) is 1. The monoisotopic (exact) mass is 291 g/mol. The molecule has 0 bridgehead atoms. The summed E-state index contributed by atoms with van der Waals surface area (Å²) in [5.41, 5.74) is 6.89. The lowest BCUT2D eigenvalue weighted by Crippen LogP contribution is -2.41. The predicted molar refractivity (Wildman–Crippen MR) is 84.0 cm³/mol. The molecule has 3 N–H and O–H groups in total. The van der Waals surface area contributed by atoms with Crippen LogP contribution in [0.25, 0.3) is 0 Å². The Morgan fingerprint density at radius 2 is 1.95 bits per heavy atom. The van der Waals surface area contributed by atoms with Crippen LogP contribution in [0.5, 0.6) is 0 Å². The molecule has 0 aromatic heterocycles. The van der Waals surface area contributed by atoms with Crippen LogP contribution in [-0.2, 0) is 11.2 Å². The molecule has 0 saturated carbocycles. The van der Waals surface area contributed by atoms with Crippen molar-refractivity contribution in [3.8, 4) is 0 Å². The summed E-state index contributed by atoms with van der Waals surface area (Å²) < 4.78 is 0. The summed E-state index contributed by atoms with van der Waals surface area (Å²) in [6.45, 7) is 5.28. The molecule has 0 fully saturated rings. The number of amides is 2. The fourth-order valence-electron chi connectivity index (χ4n) is 2.23. The van der Waals surface area contributed by atoms with Crippen molar-refractivity contribution in [2.24, 2.45) is 11.7 Å². The molecule has 1 rings (SSSR count). The maximum Gasteiger partial charge on any atom is 0.254 e. The third-order valence-electron chi connectivity index (χ3n) is 3.11. The lowest BCUT2D eigenvalue weighted by atomic mass is 10.0. The minimum Gasteiger partial charge on any atom is -0.368 e. The van der Waals surface area contributed by atoms with E-state index in [1.165, 1.54) is 4.90 Å². The zero-order chi connectivity index (χ0) is 15.8. The molecule has 116 valence electrons. The van der Waals surface area contributed by atoms with Crippen molar-refractivity contribution in [2.75, 3.05) is 26.7 Å². The third kappa shape index (κ3) is 5.55. The van der Waals surface area contributed by atoms with E-state index in [0.717, 1.165) is 18.5 Å². The molecule has 21 heavy (non-hydrogen) atoms. The summed E-state index contributed by atoms with van der Waals surface area (Å²) in [5, 5.41) is 3.08. The van der Waals surface area contributed by atoms with Gasteiger partial charge in [-0.1, -0.05) is 32.0 Å². The van der Waals surface area contributed by atoms with E-state index in [-0.39, 0.29) is 18.4 Å². The third-order valence-corrected chi connectivity index (χ3v) is 3.11. The zero-order valence-corrected chi connectivity index (χ0v) is 13.1. The quantitative estimate of drug-likeness (QED) is 0.751. The maximum atomic E-state index is 12.7. The Morgan fingerprint density at radius 3 is 2.52 bits per heavy atom. The van der Waals surface area contributed by atoms with Crippen LogP contribution >= 0.6 is 0 Å². The van der Waals surface area contributed by atoms with Crippen molar-refractivity contribution in [1.82, 2.24) is 10.2 Å². The summed E-state index contributed by atoms with van der Waals surface area (Å²) in [7, 11) is 1.88. The Bertz CT molecular complexity index is 486. The SMILES string of the molecule is CNCCc1ccccc1C(=O)N(CC(N)=O)CC(C)C. The Kier molecular flexibility index (Phi) is 6.88. The molecule has 0 atom stereocenters. The highest BCUT2D eigenvalue weighted by Crippen LogP contribution is 2.13. The molecule has 0 aliphatic rings. The van der Waals surface area contributed by atoms with E-state index in [0.29, 0.717) is 12.1 Å². The largest absolute Gasteiger partial charge is 0.368 e. The summed E-state index contributed by atoms with van der Waals surface area (Å²) in [6, 6.07) is 7.51. The summed E-state index contributed by atoms with van der Waals surface area (Å²) in [6.07, 6.45) is 0.768. The fraction of sp³-hybridized carbons (Fsp3) is 0.500. The molecule has 0 heterocycles. The summed E-state index contributed by atoms with van der Waals surface area (Å²) in [4.78, 5) is 25.4. The number of rotatable bonds is 8. The van der Waals surface area contributed by atoms with Gasteiger partial charge in [0.05, 0.1) is 6.54 Å². The van der Waals surface area contributed by atoms with E-state index in [2.05, 4.69) is 5.32 Å². The van der Waals surface area contributed by atoms with Crippen LogP contribution in [0.4, 0.5) is 0 Å². The molecule has 1 aromatic rings. The topological polar surface area (TPSA) is 75.4 Å². The molecular formula is C16H25N3O2. The zero-order valence-electron chi connectivity index (χ0n) is 13.1. The van der Waals surface area contributed by atoms with Gasteiger partial charge in [0.15, 0.2) is 0 Å². The number of hydrogen-bond acceptors (Lipinski definition) is 3. The van der Waals surface area contributed by atoms with Crippen molar-refractivity contribution in [1.29, 1.82) is 0 Å². The first kappa shape index (κ1) is 17.2. The summed E-state index contributed by atoms with van der Waals surface area (Å²) >= 11 is 0. The van der Waals surface area contributed by atoms with E-state index in [9.17, 15) is 9.59 Å². The first-order chi connectivity index (χ1) is 9.95.